The molecule has 54 heavy (non-hydrogen) atoms. The number of rotatable bonds is 5. The summed E-state index contributed by atoms with van der Waals surface area (Å²) in [6, 6.07) is 69.0. The van der Waals surface area contributed by atoms with Crippen LogP contribution in [0, 0.1) is 0 Å². The SMILES string of the molecule is c1ccc(-c2nc3cc4c5ccc(-c6ccc(-c7nc8ccccc8n7-c7ccccc7)cc6)cc5n(-c5ccccc5)c4cc3c3ccccc23)cc1. The van der Waals surface area contributed by atoms with E-state index in [0.717, 1.165) is 83.5 Å². The van der Waals surface area contributed by atoms with Crippen molar-refractivity contribution in [2.24, 2.45) is 0 Å². The quantitative estimate of drug-likeness (QED) is 0.169. The van der Waals surface area contributed by atoms with Gasteiger partial charge in [0.05, 0.1) is 33.3 Å². The molecule has 4 nitrogen and oxygen atoms in total. The Bertz CT molecular complexity index is 3180. The van der Waals surface area contributed by atoms with Crippen LogP contribution in [-0.4, -0.2) is 19.1 Å². The molecule has 11 rings (SSSR count). The van der Waals surface area contributed by atoms with Crippen molar-refractivity contribution in [1.29, 1.82) is 0 Å². The number of hydrogen-bond acceptors (Lipinski definition) is 2. The van der Waals surface area contributed by atoms with E-state index in [4.69, 9.17) is 9.97 Å². The largest absolute Gasteiger partial charge is 0.309 e. The van der Waals surface area contributed by atoms with E-state index in [2.05, 4.69) is 191 Å². The predicted octanol–water partition coefficient (Wildman–Crippen LogP) is 12.8. The summed E-state index contributed by atoms with van der Waals surface area (Å²) in [4.78, 5) is 10.4. The van der Waals surface area contributed by atoms with Crippen molar-refractivity contribution in [1.82, 2.24) is 19.1 Å². The Morgan fingerprint density at radius 2 is 0.889 bits per heavy atom. The van der Waals surface area contributed by atoms with Crippen LogP contribution in [0.15, 0.2) is 194 Å². The molecule has 4 heteroatoms. The Labute approximate surface area is 311 Å². The molecular weight excluding hydrogens is 657 g/mol. The number of benzene rings is 8. The summed E-state index contributed by atoms with van der Waals surface area (Å²) in [5, 5.41) is 5.89. The van der Waals surface area contributed by atoms with Crippen molar-refractivity contribution >= 4 is 54.5 Å². The van der Waals surface area contributed by atoms with Crippen LogP contribution in [0.3, 0.4) is 0 Å². The third kappa shape index (κ3) is 4.78. The third-order valence-corrected chi connectivity index (χ3v) is 10.7. The van der Waals surface area contributed by atoms with Gasteiger partial charge in [-0.05, 0) is 71.1 Å². The summed E-state index contributed by atoms with van der Waals surface area (Å²) in [5.74, 6) is 0.928. The van der Waals surface area contributed by atoms with Crippen LogP contribution in [0.4, 0.5) is 0 Å². The van der Waals surface area contributed by atoms with Crippen LogP contribution >= 0.6 is 0 Å². The molecule has 0 aliphatic heterocycles. The molecule has 0 aliphatic rings. The Balaban J connectivity index is 1.09. The molecule has 0 N–H and O–H groups in total. The van der Waals surface area contributed by atoms with Crippen LogP contribution in [0.1, 0.15) is 0 Å². The predicted molar refractivity (Wildman–Crippen MR) is 225 cm³/mol. The molecule has 0 aliphatic carbocycles. The number of nitrogens with zero attached hydrogens (tertiary/aromatic N) is 4. The lowest BCUT2D eigenvalue weighted by Gasteiger charge is -2.12. The number of imidazole rings is 1. The van der Waals surface area contributed by atoms with E-state index in [-0.39, 0.29) is 0 Å². The minimum absolute atomic E-state index is 0.928. The molecule has 11 aromatic rings. The smallest absolute Gasteiger partial charge is 0.145 e. The second-order valence-electron chi connectivity index (χ2n) is 13.8. The summed E-state index contributed by atoms with van der Waals surface area (Å²) >= 11 is 0. The number of aromatic nitrogens is 4. The van der Waals surface area contributed by atoms with Crippen LogP contribution in [0.5, 0.6) is 0 Å². The van der Waals surface area contributed by atoms with Gasteiger partial charge in [0.1, 0.15) is 5.82 Å². The van der Waals surface area contributed by atoms with E-state index in [9.17, 15) is 0 Å². The van der Waals surface area contributed by atoms with E-state index in [0.29, 0.717) is 0 Å². The van der Waals surface area contributed by atoms with Gasteiger partial charge in [0.2, 0.25) is 0 Å². The lowest BCUT2D eigenvalue weighted by molar-refractivity contribution is 1.10. The molecule has 0 atom stereocenters. The van der Waals surface area contributed by atoms with Gasteiger partial charge >= 0.3 is 0 Å². The standard InChI is InChI=1S/C50H32N4/c1-4-14-34(15-5-1)49-41-21-11-10-20-39(41)42-32-48-43(31-45(42)51-49)40-29-28-36(30-47(40)53(48)37-16-6-2-7-17-37)33-24-26-35(27-25-33)50-52-44-22-12-13-23-46(44)54(50)38-18-8-3-9-19-38/h1-32H. The van der Waals surface area contributed by atoms with Crippen molar-refractivity contribution in [3.05, 3.63) is 194 Å². The lowest BCUT2D eigenvalue weighted by atomic mass is 9.98. The summed E-state index contributed by atoms with van der Waals surface area (Å²) in [6.45, 7) is 0. The van der Waals surface area contributed by atoms with Crippen molar-refractivity contribution in [3.8, 4) is 45.1 Å². The van der Waals surface area contributed by atoms with Crippen molar-refractivity contribution < 1.29 is 0 Å². The number of pyridine rings is 1. The van der Waals surface area contributed by atoms with Gasteiger partial charge in [0, 0.05) is 44.0 Å². The molecule has 3 heterocycles. The van der Waals surface area contributed by atoms with Gasteiger partial charge < -0.3 is 4.57 Å². The first kappa shape index (κ1) is 30.3. The highest BCUT2D eigenvalue weighted by atomic mass is 15.1. The average molecular weight is 689 g/mol. The topological polar surface area (TPSA) is 35.6 Å². The maximum absolute atomic E-state index is 5.33. The van der Waals surface area contributed by atoms with Gasteiger partial charge in [-0.25, -0.2) is 9.97 Å². The first-order valence-corrected chi connectivity index (χ1v) is 18.3. The summed E-state index contributed by atoms with van der Waals surface area (Å²) in [7, 11) is 0. The molecule has 0 bridgehead atoms. The van der Waals surface area contributed by atoms with Crippen LogP contribution in [-0.2, 0) is 0 Å². The fraction of sp³-hybridized carbons (Fsp3) is 0. The van der Waals surface area contributed by atoms with Crippen molar-refractivity contribution in [3.63, 3.8) is 0 Å². The Hall–Kier alpha value is -7.30. The zero-order valence-electron chi connectivity index (χ0n) is 29.3. The molecular formula is C50H32N4. The lowest BCUT2D eigenvalue weighted by Crippen LogP contribution is -1.97. The Morgan fingerprint density at radius 1 is 0.296 bits per heavy atom. The molecule has 0 saturated carbocycles. The van der Waals surface area contributed by atoms with E-state index in [1.54, 1.807) is 0 Å². The van der Waals surface area contributed by atoms with Crippen LogP contribution < -0.4 is 0 Å². The minimum Gasteiger partial charge on any atom is -0.309 e. The summed E-state index contributed by atoms with van der Waals surface area (Å²) < 4.78 is 4.66. The first-order chi connectivity index (χ1) is 26.8. The minimum atomic E-state index is 0.928. The van der Waals surface area contributed by atoms with E-state index >= 15 is 0 Å². The molecule has 0 spiro atoms. The highest BCUT2D eigenvalue weighted by Gasteiger charge is 2.19. The van der Waals surface area contributed by atoms with Gasteiger partial charge in [-0.3, -0.25) is 4.57 Å². The van der Waals surface area contributed by atoms with Gasteiger partial charge in [-0.1, -0.05) is 140 Å². The number of hydrogen-bond donors (Lipinski definition) is 0. The molecule has 3 aromatic heterocycles. The average Bonchev–Trinajstić information content (AvgIpc) is 3.79. The maximum atomic E-state index is 5.33. The fourth-order valence-electron chi connectivity index (χ4n) is 8.19. The zero-order valence-corrected chi connectivity index (χ0v) is 29.3. The van der Waals surface area contributed by atoms with Gasteiger partial charge in [-0.2, -0.15) is 0 Å². The Morgan fingerprint density at radius 3 is 1.65 bits per heavy atom. The zero-order chi connectivity index (χ0) is 35.6. The molecule has 0 unspecified atom stereocenters. The highest BCUT2D eigenvalue weighted by molar-refractivity contribution is 6.19. The molecule has 0 amide bonds. The van der Waals surface area contributed by atoms with E-state index < -0.39 is 0 Å². The van der Waals surface area contributed by atoms with Crippen molar-refractivity contribution in [2.45, 2.75) is 0 Å². The van der Waals surface area contributed by atoms with Crippen LogP contribution in [0.2, 0.25) is 0 Å². The summed E-state index contributed by atoms with van der Waals surface area (Å²) in [5.41, 5.74) is 13.1. The number of fused-ring (bicyclic) bond motifs is 7. The number of para-hydroxylation sites is 4. The fourth-order valence-corrected chi connectivity index (χ4v) is 8.19. The monoisotopic (exact) mass is 688 g/mol. The summed E-state index contributed by atoms with van der Waals surface area (Å²) in [6.07, 6.45) is 0. The molecule has 8 aromatic carbocycles. The normalized spacial score (nSPS) is 11.7. The molecule has 0 saturated heterocycles. The van der Waals surface area contributed by atoms with Gasteiger partial charge in [0.15, 0.2) is 0 Å². The second-order valence-corrected chi connectivity index (χ2v) is 13.8. The van der Waals surface area contributed by atoms with E-state index in [1.165, 1.54) is 16.2 Å². The van der Waals surface area contributed by atoms with Crippen molar-refractivity contribution in [2.75, 3.05) is 0 Å². The second kappa shape index (κ2) is 12.1. The van der Waals surface area contributed by atoms with Gasteiger partial charge in [0.25, 0.3) is 0 Å². The molecule has 0 radical (unpaired) electrons. The van der Waals surface area contributed by atoms with E-state index in [1.807, 2.05) is 12.1 Å². The molecule has 0 fully saturated rings. The van der Waals surface area contributed by atoms with Crippen LogP contribution in [0.25, 0.3) is 99.7 Å². The van der Waals surface area contributed by atoms with Gasteiger partial charge in [-0.15, -0.1) is 0 Å². The Kier molecular flexibility index (Phi) is 6.82. The molecule has 252 valence electrons. The first-order valence-electron chi connectivity index (χ1n) is 18.3. The highest BCUT2D eigenvalue weighted by Crippen LogP contribution is 2.40. The third-order valence-electron chi connectivity index (χ3n) is 10.7. The maximum Gasteiger partial charge on any atom is 0.145 e.